The molecule has 0 aliphatic heterocycles. The Morgan fingerprint density at radius 3 is 1.02 bits per heavy atom. The molecule has 6 rings (SSSR count). The zero-order valence-electron chi connectivity index (χ0n) is 31.9. The standard InChI is InChI=1S/C17H14F6.C15H16O.C14H14O2S/c1-11-3-7-13(8-4-11)15(16(18,19)20,17(21,22)23)14-9-5-12(2)6-10-14;1-11-5-3-7-13(9-11)15(16)14-8-4-6-12(2)10-14;1-11-5-3-7-13(9-11)17(15,16)14-8-4-6-12(2)10-14/h3-10H,1-2H3;3-10,15-16H,1-2H3;3-10H,1-2H3. The molecule has 0 saturated carbocycles. The zero-order chi connectivity index (χ0) is 41.5. The van der Waals surface area contributed by atoms with Crippen LogP contribution in [0, 0.1) is 41.5 Å². The van der Waals surface area contributed by atoms with Crippen LogP contribution in [-0.4, -0.2) is 25.9 Å². The van der Waals surface area contributed by atoms with Crippen LogP contribution >= 0.6 is 0 Å². The lowest BCUT2D eigenvalue weighted by Crippen LogP contribution is -2.54. The fourth-order valence-electron chi connectivity index (χ4n) is 6.16. The summed E-state index contributed by atoms with van der Waals surface area (Å²) in [6.45, 7) is 11.0. The second kappa shape index (κ2) is 17.7. The van der Waals surface area contributed by atoms with Gasteiger partial charge in [-0.3, -0.25) is 0 Å². The van der Waals surface area contributed by atoms with Gasteiger partial charge in [0.2, 0.25) is 15.3 Å². The van der Waals surface area contributed by atoms with E-state index in [4.69, 9.17) is 0 Å². The zero-order valence-corrected chi connectivity index (χ0v) is 32.7. The summed E-state index contributed by atoms with van der Waals surface area (Å²) in [6, 6.07) is 38.4. The fraction of sp³-hybridized carbons (Fsp3) is 0.217. The molecule has 0 aromatic heterocycles. The van der Waals surface area contributed by atoms with E-state index in [0.717, 1.165) is 46.5 Å². The second-order valence-electron chi connectivity index (χ2n) is 13.8. The van der Waals surface area contributed by atoms with Crippen molar-refractivity contribution in [3.05, 3.63) is 201 Å². The number of hydrogen-bond acceptors (Lipinski definition) is 3. The number of alkyl halides is 6. The molecule has 3 nitrogen and oxygen atoms in total. The highest BCUT2D eigenvalue weighted by Gasteiger charge is 2.72. The highest BCUT2D eigenvalue weighted by atomic mass is 32.2. The molecule has 0 atom stereocenters. The van der Waals surface area contributed by atoms with Crippen LogP contribution in [0.25, 0.3) is 0 Å². The lowest BCUT2D eigenvalue weighted by Gasteiger charge is -2.38. The number of hydrogen-bond donors (Lipinski definition) is 1. The highest BCUT2D eigenvalue weighted by Crippen LogP contribution is 2.56. The Labute approximate surface area is 325 Å². The first-order valence-corrected chi connectivity index (χ1v) is 19.1. The summed E-state index contributed by atoms with van der Waals surface area (Å²) in [5.74, 6) is 0. The van der Waals surface area contributed by atoms with E-state index in [-0.39, 0.29) is 0 Å². The minimum absolute atomic E-state index is 0.350. The Kier molecular flexibility index (Phi) is 13.8. The molecule has 0 bridgehead atoms. The van der Waals surface area contributed by atoms with Crippen molar-refractivity contribution in [1.82, 2.24) is 0 Å². The van der Waals surface area contributed by atoms with Crippen molar-refractivity contribution in [1.29, 1.82) is 0 Å². The van der Waals surface area contributed by atoms with Gasteiger partial charge in [0.1, 0.15) is 6.10 Å². The molecule has 6 aromatic rings. The first kappa shape index (κ1) is 43.5. The van der Waals surface area contributed by atoms with Crippen molar-refractivity contribution in [2.24, 2.45) is 0 Å². The van der Waals surface area contributed by atoms with Gasteiger partial charge in [-0.1, -0.05) is 144 Å². The Bertz CT molecular complexity index is 2170. The second-order valence-corrected chi connectivity index (χ2v) is 15.8. The van der Waals surface area contributed by atoms with Crippen LogP contribution in [-0.2, 0) is 15.3 Å². The molecular formula is C46H44F6O3S. The van der Waals surface area contributed by atoms with Gasteiger partial charge in [0, 0.05) is 0 Å². The third-order valence-electron chi connectivity index (χ3n) is 9.13. The van der Waals surface area contributed by atoms with E-state index >= 15 is 0 Å². The number of sulfone groups is 1. The molecule has 0 amide bonds. The molecule has 294 valence electrons. The average molecular weight is 791 g/mol. The van der Waals surface area contributed by atoms with E-state index in [9.17, 15) is 39.9 Å². The van der Waals surface area contributed by atoms with Gasteiger partial charge in [-0.15, -0.1) is 0 Å². The molecule has 56 heavy (non-hydrogen) atoms. The van der Waals surface area contributed by atoms with E-state index < -0.39 is 44.8 Å². The van der Waals surface area contributed by atoms with E-state index in [2.05, 4.69) is 0 Å². The van der Waals surface area contributed by atoms with Gasteiger partial charge in [-0.25, -0.2) is 8.42 Å². The Morgan fingerprint density at radius 1 is 0.429 bits per heavy atom. The van der Waals surface area contributed by atoms with E-state index in [0.29, 0.717) is 20.9 Å². The van der Waals surface area contributed by atoms with Crippen molar-refractivity contribution < 1.29 is 39.9 Å². The van der Waals surface area contributed by atoms with Gasteiger partial charge >= 0.3 is 12.4 Å². The summed E-state index contributed by atoms with van der Waals surface area (Å²) in [7, 11) is -3.38. The number of benzene rings is 6. The summed E-state index contributed by atoms with van der Waals surface area (Å²) in [5, 5.41) is 10.2. The number of aryl methyl sites for hydroxylation is 6. The molecule has 0 unspecified atom stereocenters. The lowest BCUT2D eigenvalue weighted by molar-refractivity contribution is -0.288. The Balaban J connectivity index is 0.000000190. The van der Waals surface area contributed by atoms with Gasteiger partial charge in [0.25, 0.3) is 0 Å². The Morgan fingerprint density at radius 2 is 0.732 bits per heavy atom. The van der Waals surface area contributed by atoms with Gasteiger partial charge in [-0.05, 0) is 99.2 Å². The maximum Gasteiger partial charge on any atom is 0.411 e. The predicted molar refractivity (Wildman–Crippen MR) is 209 cm³/mol. The molecule has 0 aliphatic rings. The van der Waals surface area contributed by atoms with Gasteiger partial charge < -0.3 is 5.11 Å². The molecule has 10 heteroatoms. The number of rotatable bonds is 6. The molecule has 0 heterocycles. The minimum Gasteiger partial charge on any atom is -0.384 e. The summed E-state index contributed by atoms with van der Waals surface area (Å²) < 4.78 is 107. The summed E-state index contributed by atoms with van der Waals surface area (Å²) in [4.78, 5) is 0.700. The molecule has 6 aromatic carbocycles. The van der Waals surface area contributed by atoms with Crippen molar-refractivity contribution in [3.63, 3.8) is 0 Å². The first-order valence-electron chi connectivity index (χ1n) is 17.6. The van der Waals surface area contributed by atoms with Crippen LogP contribution in [0.2, 0.25) is 0 Å². The third-order valence-corrected chi connectivity index (χ3v) is 10.9. The SMILES string of the molecule is Cc1ccc(C(c2ccc(C)cc2)(C(F)(F)F)C(F)(F)F)cc1.Cc1cccc(C(O)c2cccc(C)c2)c1.Cc1cccc(S(=O)(=O)c2cccc(C)c2)c1. The number of aliphatic hydroxyl groups is 1. The molecule has 0 saturated heterocycles. The minimum atomic E-state index is -5.53. The molecular weight excluding hydrogens is 747 g/mol. The molecule has 0 aliphatic carbocycles. The van der Waals surface area contributed by atoms with Crippen molar-refractivity contribution in [2.75, 3.05) is 0 Å². The van der Waals surface area contributed by atoms with Crippen LogP contribution in [0.15, 0.2) is 155 Å². The number of aliphatic hydroxyl groups excluding tert-OH is 1. The molecule has 0 radical (unpaired) electrons. The van der Waals surface area contributed by atoms with E-state index in [1.807, 2.05) is 88.4 Å². The van der Waals surface area contributed by atoms with Gasteiger partial charge in [0.05, 0.1) is 9.79 Å². The van der Waals surface area contributed by atoms with Crippen LogP contribution in [0.1, 0.15) is 61.7 Å². The fourth-order valence-corrected chi connectivity index (χ4v) is 7.63. The summed E-state index contributed by atoms with van der Waals surface area (Å²) >= 11 is 0. The van der Waals surface area contributed by atoms with Crippen LogP contribution < -0.4 is 0 Å². The molecule has 0 spiro atoms. The monoisotopic (exact) mass is 790 g/mol. The smallest absolute Gasteiger partial charge is 0.384 e. The number of halogens is 6. The molecule has 0 fully saturated rings. The van der Waals surface area contributed by atoms with Crippen LogP contribution in [0.5, 0.6) is 0 Å². The maximum absolute atomic E-state index is 13.7. The maximum atomic E-state index is 13.7. The topological polar surface area (TPSA) is 54.4 Å². The summed E-state index contributed by atoms with van der Waals surface area (Å²) in [6.07, 6.45) is -11.6. The largest absolute Gasteiger partial charge is 0.411 e. The average Bonchev–Trinajstić information content (AvgIpc) is 3.12. The van der Waals surface area contributed by atoms with E-state index in [1.165, 1.54) is 35.4 Å². The van der Waals surface area contributed by atoms with Crippen molar-refractivity contribution in [2.45, 2.75) is 75.2 Å². The van der Waals surface area contributed by atoms with Gasteiger partial charge in [0.15, 0.2) is 0 Å². The Hall–Kier alpha value is -5.19. The third kappa shape index (κ3) is 10.2. The van der Waals surface area contributed by atoms with E-state index in [1.54, 1.807) is 50.2 Å². The van der Waals surface area contributed by atoms with Crippen LogP contribution in [0.4, 0.5) is 26.3 Å². The molecule has 1 N–H and O–H groups in total. The predicted octanol–water partition coefficient (Wildman–Crippen LogP) is 12.2. The quantitative estimate of drug-likeness (QED) is 0.171. The highest BCUT2D eigenvalue weighted by molar-refractivity contribution is 7.91. The van der Waals surface area contributed by atoms with Crippen molar-refractivity contribution >= 4 is 9.84 Å². The normalized spacial score (nSPS) is 12.0. The summed E-state index contributed by atoms with van der Waals surface area (Å²) in [5.41, 5.74) is 1.55. The lowest BCUT2D eigenvalue weighted by atomic mass is 9.72. The first-order chi connectivity index (χ1) is 26.2. The van der Waals surface area contributed by atoms with Crippen LogP contribution in [0.3, 0.4) is 0 Å². The van der Waals surface area contributed by atoms with Gasteiger partial charge in [-0.2, -0.15) is 26.3 Å². The van der Waals surface area contributed by atoms with Crippen molar-refractivity contribution in [3.8, 4) is 0 Å².